The molecule has 0 radical (unpaired) electrons. The van der Waals surface area contributed by atoms with Crippen molar-refractivity contribution in [2.75, 3.05) is 0 Å². The van der Waals surface area contributed by atoms with E-state index in [-0.39, 0.29) is 5.60 Å². The van der Waals surface area contributed by atoms with E-state index >= 15 is 0 Å². The van der Waals surface area contributed by atoms with Gasteiger partial charge in [0.2, 0.25) is 0 Å². The molecule has 1 nitrogen and oxygen atoms in total. The number of aliphatic hydroxyl groups is 1. The monoisotopic (exact) mass is 224 g/mol. The van der Waals surface area contributed by atoms with Gasteiger partial charge in [0.1, 0.15) is 0 Å². The van der Waals surface area contributed by atoms with Crippen LogP contribution in [0.3, 0.4) is 0 Å². The minimum Gasteiger partial charge on any atom is -0.390 e. The van der Waals surface area contributed by atoms with Crippen molar-refractivity contribution in [2.45, 2.75) is 77.2 Å². The van der Waals surface area contributed by atoms with Gasteiger partial charge >= 0.3 is 0 Å². The van der Waals surface area contributed by atoms with Crippen LogP contribution in [0.2, 0.25) is 0 Å². The highest BCUT2D eigenvalue weighted by molar-refractivity contribution is 4.86. The molecular weight excluding hydrogens is 196 g/mol. The molecule has 2 aliphatic carbocycles. The minimum atomic E-state index is -0.299. The fourth-order valence-electron chi connectivity index (χ4n) is 3.21. The van der Waals surface area contributed by atoms with Gasteiger partial charge in [-0.15, -0.1) is 0 Å². The summed E-state index contributed by atoms with van der Waals surface area (Å²) in [5.74, 6) is 2.62. The van der Waals surface area contributed by atoms with Crippen LogP contribution in [-0.2, 0) is 0 Å². The SMILES string of the molecule is CC(C)C1CCCC(O)(CCC2CC2)CC1. The van der Waals surface area contributed by atoms with E-state index < -0.39 is 0 Å². The molecule has 16 heavy (non-hydrogen) atoms. The molecule has 0 saturated heterocycles. The van der Waals surface area contributed by atoms with E-state index in [1.165, 1.54) is 38.5 Å². The van der Waals surface area contributed by atoms with Gasteiger partial charge < -0.3 is 5.11 Å². The molecule has 94 valence electrons. The summed E-state index contributed by atoms with van der Waals surface area (Å²) in [6, 6.07) is 0. The Hall–Kier alpha value is -0.0400. The van der Waals surface area contributed by atoms with Crippen molar-refractivity contribution < 1.29 is 5.11 Å². The molecule has 2 saturated carbocycles. The van der Waals surface area contributed by atoms with Crippen molar-refractivity contribution >= 4 is 0 Å². The van der Waals surface area contributed by atoms with Crippen LogP contribution in [0.15, 0.2) is 0 Å². The average Bonchev–Trinajstić information content (AvgIpc) is 3.02. The molecule has 0 heterocycles. The maximum Gasteiger partial charge on any atom is 0.0648 e. The zero-order valence-electron chi connectivity index (χ0n) is 11.0. The highest BCUT2D eigenvalue weighted by Crippen LogP contribution is 2.40. The largest absolute Gasteiger partial charge is 0.390 e. The third kappa shape index (κ3) is 3.48. The second-order valence-corrected chi connectivity index (χ2v) is 6.64. The Kier molecular flexibility index (Phi) is 3.94. The van der Waals surface area contributed by atoms with Gasteiger partial charge in [-0.05, 0) is 49.9 Å². The predicted octanol–water partition coefficient (Wildman–Crippen LogP) is 4.14. The Morgan fingerprint density at radius 3 is 2.50 bits per heavy atom. The topological polar surface area (TPSA) is 20.2 Å². The summed E-state index contributed by atoms with van der Waals surface area (Å²) in [6.07, 6.45) is 11.1. The first-order chi connectivity index (χ1) is 7.59. The van der Waals surface area contributed by atoms with Crippen LogP contribution < -0.4 is 0 Å². The lowest BCUT2D eigenvalue weighted by Crippen LogP contribution is -2.28. The Bertz CT molecular complexity index is 219. The quantitative estimate of drug-likeness (QED) is 0.711. The zero-order chi connectivity index (χ0) is 11.6. The van der Waals surface area contributed by atoms with Gasteiger partial charge in [0.25, 0.3) is 0 Å². The molecule has 0 aromatic carbocycles. The molecule has 2 unspecified atom stereocenters. The van der Waals surface area contributed by atoms with Crippen LogP contribution in [0, 0.1) is 17.8 Å². The number of hydrogen-bond acceptors (Lipinski definition) is 1. The fraction of sp³-hybridized carbons (Fsp3) is 1.00. The summed E-state index contributed by atoms with van der Waals surface area (Å²) in [7, 11) is 0. The summed E-state index contributed by atoms with van der Waals surface area (Å²) >= 11 is 0. The summed E-state index contributed by atoms with van der Waals surface area (Å²) in [4.78, 5) is 0. The second kappa shape index (κ2) is 5.08. The Morgan fingerprint density at radius 1 is 1.12 bits per heavy atom. The predicted molar refractivity (Wildman–Crippen MR) is 68.3 cm³/mol. The molecule has 0 aliphatic heterocycles. The van der Waals surface area contributed by atoms with E-state index in [1.807, 2.05) is 0 Å². The van der Waals surface area contributed by atoms with Crippen LogP contribution in [0.1, 0.15) is 71.6 Å². The van der Waals surface area contributed by atoms with Gasteiger partial charge in [0.05, 0.1) is 5.60 Å². The molecule has 1 N–H and O–H groups in total. The molecule has 0 bridgehead atoms. The first-order valence-corrected chi connectivity index (χ1v) is 7.31. The summed E-state index contributed by atoms with van der Waals surface area (Å²) < 4.78 is 0. The van der Waals surface area contributed by atoms with E-state index in [0.29, 0.717) is 0 Å². The highest BCUT2D eigenvalue weighted by atomic mass is 16.3. The van der Waals surface area contributed by atoms with Crippen LogP contribution in [0.4, 0.5) is 0 Å². The first kappa shape index (κ1) is 12.4. The molecule has 2 fully saturated rings. The summed E-state index contributed by atoms with van der Waals surface area (Å²) in [5.41, 5.74) is -0.299. The lowest BCUT2D eigenvalue weighted by atomic mass is 9.86. The first-order valence-electron chi connectivity index (χ1n) is 7.31. The molecule has 0 spiro atoms. The molecule has 2 aliphatic rings. The maximum atomic E-state index is 10.6. The van der Waals surface area contributed by atoms with Gasteiger partial charge in [-0.2, -0.15) is 0 Å². The summed E-state index contributed by atoms with van der Waals surface area (Å²) in [5, 5.41) is 10.6. The van der Waals surface area contributed by atoms with E-state index in [2.05, 4.69) is 13.8 Å². The molecule has 0 aromatic rings. The smallest absolute Gasteiger partial charge is 0.0648 e. The normalized spacial score (nSPS) is 36.4. The molecule has 2 atom stereocenters. The molecular formula is C15H28O. The van der Waals surface area contributed by atoms with E-state index in [1.54, 1.807) is 0 Å². The average molecular weight is 224 g/mol. The van der Waals surface area contributed by atoms with Gasteiger partial charge in [-0.3, -0.25) is 0 Å². The number of rotatable bonds is 4. The lowest BCUT2D eigenvalue weighted by molar-refractivity contribution is 0.0118. The van der Waals surface area contributed by atoms with Gasteiger partial charge in [0.15, 0.2) is 0 Å². The Labute approximate surface area is 101 Å². The third-order valence-electron chi connectivity index (χ3n) is 4.86. The minimum absolute atomic E-state index is 0.299. The highest BCUT2D eigenvalue weighted by Gasteiger charge is 2.33. The van der Waals surface area contributed by atoms with Crippen molar-refractivity contribution in [1.82, 2.24) is 0 Å². The Morgan fingerprint density at radius 2 is 1.88 bits per heavy atom. The molecule has 0 aromatic heterocycles. The second-order valence-electron chi connectivity index (χ2n) is 6.64. The Balaban J connectivity index is 1.80. The molecule has 2 rings (SSSR count). The maximum absolute atomic E-state index is 10.6. The molecule has 0 amide bonds. The van der Waals surface area contributed by atoms with Crippen molar-refractivity contribution in [2.24, 2.45) is 17.8 Å². The van der Waals surface area contributed by atoms with Crippen LogP contribution in [-0.4, -0.2) is 10.7 Å². The standard InChI is InChI=1S/C15H28O/c1-12(2)14-4-3-9-15(16,11-8-14)10-7-13-5-6-13/h12-14,16H,3-11H2,1-2H3. The molecule has 1 heteroatoms. The van der Waals surface area contributed by atoms with Crippen molar-refractivity contribution in [3.05, 3.63) is 0 Å². The van der Waals surface area contributed by atoms with E-state index in [0.717, 1.165) is 37.0 Å². The van der Waals surface area contributed by atoms with Gasteiger partial charge in [0, 0.05) is 0 Å². The van der Waals surface area contributed by atoms with Gasteiger partial charge in [-0.1, -0.05) is 39.5 Å². The van der Waals surface area contributed by atoms with Crippen LogP contribution >= 0.6 is 0 Å². The lowest BCUT2D eigenvalue weighted by Gasteiger charge is -2.27. The van der Waals surface area contributed by atoms with Gasteiger partial charge in [-0.25, -0.2) is 0 Å². The third-order valence-corrected chi connectivity index (χ3v) is 4.86. The van der Waals surface area contributed by atoms with Crippen molar-refractivity contribution in [3.8, 4) is 0 Å². The van der Waals surface area contributed by atoms with E-state index in [9.17, 15) is 5.11 Å². The zero-order valence-corrected chi connectivity index (χ0v) is 11.0. The van der Waals surface area contributed by atoms with Crippen molar-refractivity contribution in [3.63, 3.8) is 0 Å². The van der Waals surface area contributed by atoms with Crippen LogP contribution in [0.5, 0.6) is 0 Å². The summed E-state index contributed by atoms with van der Waals surface area (Å²) in [6.45, 7) is 4.67. The van der Waals surface area contributed by atoms with Crippen LogP contribution in [0.25, 0.3) is 0 Å². The fourth-order valence-corrected chi connectivity index (χ4v) is 3.21. The van der Waals surface area contributed by atoms with E-state index in [4.69, 9.17) is 0 Å². The van der Waals surface area contributed by atoms with Crippen molar-refractivity contribution in [1.29, 1.82) is 0 Å². The number of hydrogen-bond donors (Lipinski definition) is 1.